The highest BCUT2D eigenvalue weighted by atomic mass is 32.1. The van der Waals surface area contributed by atoms with E-state index in [-0.39, 0.29) is 5.75 Å². The summed E-state index contributed by atoms with van der Waals surface area (Å²) in [4.78, 5) is 5.41. The van der Waals surface area contributed by atoms with E-state index in [1.54, 1.807) is 29.7 Å². The highest BCUT2D eigenvalue weighted by Crippen LogP contribution is 2.23. The van der Waals surface area contributed by atoms with Gasteiger partial charge >= 0.3 is 0 Å². The molecule has 0 atom stereocenters. The Bertz CT molecular complexity index is 965. The first-order valence-corrected chi connectivity index (χ1v) is 9.08. The number of thiazole rings is 1. The second kappa shape index (κ2) is 7.49. The second-order valence-corrected chi connectivity index (χ2v) is 6.66. The topological polar surface area (TPSA) is 49.9 Å². The van der Waals surface area contributed by atoms with Crippen molar-refractivity contribution in [2.24, 2.45) is 10.1 Å². The van der Waals surface area contributed by atoms with Crippen LogP contribution in [0, 0.1) is 13.8 Å². The molecule has 128 valence electrons. The summed E-state index contributed by atoms with van der Waals surface area (Å²) in [5.41, 5.74) is 5.60. The molecule has 0 aliphatic heterocycles. The summed E-state index contributed by atoms with van der Waals surface area (Å²) >= 11 is 1.59. The molecule has 3 rings (SSSR count). The van der Waals surface area contributed by atoms with Gasteiger partial charge in [0.1, 0.15) is 5.75 Å². The van der Waals surface area contributed by atoms with Gasteiger partial charge in [-0.05, 0) is 67.8 Å². The average molecular weight is 351 g/mol. The predicted octanol–water partition coefficient (Wildman–Crippen LogP) is 4.34. The van der Waals surface area contributed by atoms with Gasteiger partial charge in [0.25, 0.3) is 0 Å². The fraction of sp³-hybridized carbons (Fsp3) is 0.200. The standard InChI is InChI=1S/C20H21N3OS/c1-4-21-20-23(22-12-16-6-9-18(24)10-7-16)19(13-25-20)17-8-5-14(2)15(3)11-17/h5-13,24H,4H2,1-3H3. The highest BCUT2D eigenvalue weighted by molar-refractivity contribution is 7.07. The van der Waals surface area contributed by atoms with Crippen LogP contribution < -0.4 is 4.80 Å². The zero-order chi connectivity index (χ0) is 17.8. The lowest BCUT2D eigenvalue weighted by atomic mass is 10.1. The molecule has 2 aromatic carbocycles. The molecule has 4 nitrogen and oxygen atoms in total. The van der Waals surface area contributed by atoms with Gasteiger partial charge < -0.3 is 5.11 Å². The average Bonchev–Trinajstić information content (AvgIpc) is 3.00. The number of benzene rings is 2. The van der Waals surface area contributed by atoms with Crippen molar-refractivity contribution in [1.29, 1.82) is 0 Å². The number of rotatable bonds is 4. The summed E-state index contributed by atoms with van der Waals surface area (Å²) in [5, 5.41) is 16.1. The van der Waals surface area contributed by atoms with Gasteiger partial charge in [-0.1, -0.05) is 12.1 Å². The minimum absolute atomic E-state index is 0.248. The lowest BCUT2D eigenvalue weighted by Crippen LogP contribution is -2.12. The Kier molecular flexibility index (Phi) is 5.14. The van der Waals surface area contributed by atoms with Crippen molar-refractivity contribution in [1.82, 2.24) is 4.68 Å². The smallest absolute Gasteiger partial charge is 0.206 e. The zero-order valence-corrected chi connectivity index (χ0v) is 15.4. The third-order valence-electron chi connectivity index (χ3n) is 4.00. The summed E-state index contributed by atoms with van der Waals surface area (Å²) in [6, 6.07) is 13.4. The molecule has 0 radical (unpaired) electrons. The number of phenols is 1. The molecular weight excluding hydrogens is 330 g/mol. The van der Waals surface area contributed by atoms with Gasteiger partial charge in [0, 0.05) is 17.5 Å². The maximum absolute atomic E-state index is 9.40. The van der Waals surface area contributed by atoms with Crippen molar-refractivity contribution in [3.63, 3.8) is 0 Å². The highest BCUT2D eigenvalue weighted by Gasteiger charge is 2.08. The molecule has 25 heavy (non-hydrogen) atoms. The molecule has 1 aromatic heterocycles. The Morgan fingerprint density at radius 2 is 1.84 bits per heavy atom. The van der Waals surface area contributed by atoms with Crippen molar-refractivity contribution in [3.8, 4) is 17.0 Å². The van der Waals surface area contributed by atoms with Crippen molar-refractivity contribution in [2.75, 3.05) is 6.54 Å². The molecule has 5 heteroatoms. The molecule has 1 heterocycles. The lowest BCUT2D eigenvalue weighted by Gasteiger charge is -2.06. The van der Waals surface area contributed by atoms with Crippen LogP contribution in [0.15, 0.2) is 57.9 Å². The monoisotopic (exact) mass is 351 g/mol. The molecule has 3 aromatic rings. The summed E-state index contributed by atoms with van der Waals surface area (Å²) in [5.74, 6) is 0.248. The Morgan fingerprint density at radius 1 is 1.08 bits per heavy atom. The van der Waals surface area contributed by atoms with Crippen molar-refractivity contribution in [3.05, 3.63) is 69.3 Å². The predicted molar refractivity (Wildman–Crippen MR) is 104 cm³/mol. The van der Waals surface area contributed by atoms with E-state index in [0.717, 1.165) is 21.6 Å². The largest absolute Gasteiger partial charge is 0.508 e. The van der Waals surface area contributed by atoms with E-state index in [4.69, 9.17) is 0 Å². The van der Waals surface area contributed by atoms with Crippen LogP contribution >= 0.6 is 11.3 Å². The number of aromatic hydroxyl groups is 1. The van der Waals surface area contributed by atoms with Crippen LogP contribution in [0.2, 0.25) is 0 Å². The maximum Gasteiger partial charge on any atom is 0.206 e. The van der Waals surface area contributed by atoms with E-state index in [9.17, 15) is 5.11 Å². The number of aryl methyl sites for hydroxylation is 2. The Balaban J connectivity index is 2.07. The van der Waals surface area contributed by atoms with E-state index in [2.05, 4.69) is 47.5 Å². The van der Waals surface area contributed by atoms with Crippen LogP contribution in [-0.2, 0) is 0 Å². The molecule has 0 unspecified atom stereocenters. The van der Waals surface area contributed by atoms with Crippen LogP contribution in [0.25, 0.3) is 11.3 Å². The third kappa shape index (κ3) is 3.88. The molecule has 0 spiro atoms. The third-order valence-corrected chi connectivity index (χ3v) is 4.85. The van der Waals surface area contributed by atoms with Gasteiger partial charge in [-0.25, -0.2) is 4.68 Å². The first-order valence-electron chi connectivity index (χ1n) is 8.20. The number of aromatic nitrogens is 1. The minimum Gasteiger partial charge on any atom is -0.508 e. The van der Waals surface area contributed by atoms with E-state index in [0.29, 0.717) is 6.54 Å². The molecule has 0 aliphatic rings. The fourth-order valence-electron chi connectivity index (χ4n) is 2.44. The number of nitrogens with zero attached hydrogens (tertiary/aromatic N) is 3. The van der Waals surface area contributed by atoms with Crippen LogP contribution in [0.3, 0.4) is 0 Å². The molecule has 0 saturated heterocycles. The van der Waals surface area contributed by atoms with E-state index >= 15 is 0 Å². The van der Waals surface area contributed by atoms with Crippen LogP contribution in [-0.4, -0.2) is 22.5 Å². The Labute approximate surface area is 151 Å². The summed E-state index contributed by atoms with van der Waals surface area (Å²) < 4.78 is 1.88. The van der Waals surface area contributed by atoms with Gasteiger partial charge in [-0.15, -0.1) is 11.3 Å². The first-order chi connectivity index (χ1) is 12.1. The van der Waals surface area contributed by atoms with Gasteiger partial charge in [-0.3, -0.25) is 4.99 Å². The van der Waals surface area contributed by atoms with Crippen molar-refractivity contribution in [2.45, 2.75) is 20.8 Å². The fourth-order valence-corrected chi connectivity index (χ4v) is 3.34. The Hall–Kier alpha value is -2.66. The van der Waals surface area contributed by atoms with Gasteiger partial charge in [0.15, 0.2) is 0 Å². The first kappa shape index (κ1) is 17.2. The Morgan fingerprint density at radius 3 is 2.52 bits per heavy atom. The summed E-state index contributed by atoms with van der Waals surface area (Å²) in [6.07, 6.45) is 1.78. The molecule has 0 aliphatic carbocycles. The van der Waals surface area contributed by atoms with E-state index in [1.807, 2.05) is 23.7 Å². The second-order valence-electron chi connectivity index (χ2n) is 5.82. The van der Waals surface area contributed by atoms with Crippen LogP contribution in [0.5, 0.6) is 5.75 Å². The van der Waals surface area contributed by atoms with Crippen LogP contribution in [0.4, 0.5) is 0 Å². The minimum atomic E-state index is 0.248. The normalized spacial score (nSPS) is 12.2. The van der Waals surface area contributed by atoms with Gasteiger partial charge in [0.05, 0.1) is 11.9 Å². The van der Waals surface area contributed by atoms with E-state index in [1.165, 1.54) is 11.1 Å². The molecule has 0 amide bonds. The SMILES string of the molecule is CCN=c1scc(-c2ccc(C)c(C)c2)n1N=Cc1ccc(O)cc1. The molecule has 0 fully saturated rings. The quantitative estimate of drug-likeness (QED) is 0.698. The lowest BCUT2D eigenvalue weighted by molar-refractivity contribution is 0.475. The number of hydrogen-bond donors (Lipinski definition) is 1. The van der Waals surface area contributed by atoms with Crippen molar-refractivity contribution >= 4 is 17.6 Å². The molecule has 0 saturated carbocycles. The van der Waals surface area contributed by atoms with E-state index < -0.39 is 0 Å². The van der Waals surface area contributed by atoms with Gasteiger partial charge in [-0.2, -0.15) is 5.10 Å². The molecular formula is C20H21N3OS. The van der Waals surface area contributed by atoms with Crippen molar-refractivity contribution < 1.29 is 5.11 Å². The summed E-state index contributed by atoms with van der Waals surface area (Å²) in [7, 11) is 0. The number of hydrogen-bond acceptors (Lipinski definition) is 4. The molecule has 0 bridgehead atoms. The van der Waals surface area contributed by atoms with Crippen LogP contribution in [0.1, 0.15) is 23.6 Å². The molecule has 1 N–H and O–H groups in total. The maximum atomic E-state index is 9.40. The summed E-state index contributed by atoms with van der Waals surface area (Å²) in [6.45, 7) is 6.96. The zero-order valence-electron chi connectivity index (χ0n) is 14.6. The number of phenolic OH excluding ortho intramolecular Hbond substituents is 1. The van der Waals surface area contributed by atoms with Gasteiger partial charge in [0.2, 0.25) is 4.80 Å².